The summed E-state index contributed by atoms with van der Waals surface area (Å²) in [6.45, 7) is 0. The molecule has 2 aliphatic heterocycles. The Hall–Kier alpha value is -7.79. The molecule has 13 rings (SSSR count). The van der Waals surface area contributed by atoms with Crippen molar-refractivity contribution in [1.29, 1.82) is 0 Å². The highest BCUT2D eigenvalue weighted by Gasteiger charge is 2.49. The van der Waals surface area contributed by atoms with Gasteiger partial charge in [0.15, 0.2) is 0 Å². The molecule has 0 saturated heterocycles. The topological polar surface area (TPSA) is 25.6 Å². The van der Waals surface area contributed by atoms with Gasteiger partial charge in [0, 0.05) is 54.1 Å². The molecule has 4 heteroatoms. The molecule has 1 aromatic heterocycles. The summed E-state index contributed by atoms with van der Waals surface area (Å²) in [4.78, 5) is -1.08. The van der Waals surface area contributed by atoms with Gasteiger partial charge in [0.05, 0.1) is 56.1 Å². The zero-order valence-electron chi connectivity index (χ0n) is 68.2. The number of nitrogens with zero attached hydrogens (tertiary/aromatic N) is 1. The van der Waals surface area contributed by atoms with Crippen LogP contribution in [0.5, 0.6) is 11.5 Å². The average Bonchev–Trinajstić information content (AvgIpc) is 0.786. The maximum Gasteiger partial charge on any atom is 0.143 e. The van der Waals surface area contributed by atoms with E-state index in [0.29, 0.717) is 4.90 Å². The van der Waals surface area contributed by atoms with Gasteiger partial charge in [-0.15, -0.1) is 0 Å². The first-order valence-corrected chi connectivity index (χ1v) is 19.2. The number of furan rings is 1. The van der Waals surface area contributed by atoms with Crippen molar-refractivity contribution in [3.05, 3.63) is 246 Å². The minimum absolute atomic E-state index is 0.255. The molecule has 2 aliphatic rings. The van der Waals surface area contributed by atoms with Crippen LogP contribution in [0.1, 0.15) is 73.0 Å². The highest BCUT2D eigenvalue weighted by Crippen LogP contribution is 2.62. The lowest BCUT2D eigenvalue weighted by atomic mass is 9.63. The fourth-order valence-corrected chi connectivity index (χ4v) is 8.80. The van der Waals surface area contributed by atoms with E-state index in [0.717, 1.165) is 0 Å². The van der Waals surface area contributed by atoms with E-state index >= 15 is 0 Å². The summed E-state index contributed by atoms with van der Waals surface area (Å²) < 4.78 is 355. The quantitative estimate of drug-likeness (QED) is 0.172. The lowest BCUT2D eigenvalue weighted by Gasteiger charge is -2.45. The van der Waals surface area contributed by atoms with Gasteiger partial charge >= 0.3 is 0 Å². The highest BCUT2D eigenvalue weighted by molar-refractivity contribution is 7.99. The molecule has 0 unspecified atom stereocenters. The SMILES string of the molecule is [2H]c1c([2H])c([2H])c(-c2c([2H])c([2H])c(N(c3c([2H])c([2H])c(-c4c([2H])c([2H])c([2H])c5c4Sc4c([2H])c([2H])c([2H])c([2H])c4C54c5c([2H])c([2H])c([2H])c([2H])c5Oc5c([2H])c([2H])c([2H])c([2H])c54)c([2H])c3[2H])c3c([2H])c([2H])c4oc5c6c([2H])c([2H])c([2H])c([2H])c6c([2H])c([2H])c5c4c3[2H])c([2H])c2[2H])c([2H])c1[2H]. The number of hydrogen-bond donors (Lipinski definition) is 0. The maximum absolute atomic E-state index is 10.1. The minimum atomic E-state index is -3.13. The van der Waals surface area contributed by atoms with Crippen molar-refractivity contribution in [2.24, 2.45) is 0 Å². The van der Waals surface area contributed by atoms with Crippen LogP contribution in [0.25, 0.3) is 55.0 Å². The van der Waals surface area contributed by atoms with Gasteiger partial charge in [0.25, 0.3) is 0 Å². The third-order valence-corrected chi connectivity index (χ3v) is 11.4. The minimum Gasteiger partial charge on any atom is -0.457 e. The van der Waals surface area contributed by atoms with E-state index in [1.807, 2.05) is 0 Å². The number of rotatable bonds is 5. The van der Waals surface area contributed by atoms with Crippen LogP contribution in [0.3, 0.4) is 0 Å². The molecule has 0 atom stereocenters. The van der Waals surface area contributed by atoms with Gasteiger partial charge in [0.1, 0.15) is 22.7 Å². The summed E-state index contributed by atoms with van der Waals surface area (Å²) in [5.41, 5.74) is -15.5. The zero-order valence-corrected chi connectivity index (χ0v) is 32.0. The molecule has 0 fully saturated rings. The molecule has 11 aromatic rings. The highest BCUT2D eigenvalue weighted by atomic mass is 32.2. The summed E-state index contributed by atoms with van der Waals surface area (Å²) >= 11 is 0.255. The third-order valence-electron chi connectivity index (χ3n) is 10.3. The molecule has 3 heterocycles. The fraction of sp³-hybridized carbons (Fsp3) is 0.0169. The molecule has 3 nitrogen and oxygen atoms in total. The summed E-state index contributed by atoms with van der Waals surface area (Å²) in [6.07, 6.45) is 0. The molecule has 1 spiro atoms. The number of fused-ring (bicyclic) bond motifs is 13. The normalized spacial score (nSPS) is 21.5. The largest absolute Gasteiger partial charge is 0.457 e. The van der Waals surface area contributed by atoms with Crippen molar-refractivity contribution in [2.75, 3.05) is 4.90 Å². The van der Waals surface area contributed by atoms with Crippen LogP contribution in [0.15, 0.2) is 238 Å². The number of anilines is 3. The Morgan fingerprint density at radius 3 is 1.79 bits per heavy atom. The molecule has 0 radical (unpaired) electrons. The van der Waals surface area contributed by atoms with Crippen LogP contribution in [0.2, 0.25) is 0 Å². The van der Waals surface area contributed by atoms with Crippen LogP contribution in [0, 0.1) is 0 Å². The van der Waals surface area contributed by atoms with Gasteiger partial charge in [0.2, 0.25) is 0 Å². The van der Waals surface area contributed by atoms with Crippen molar-refractivity contribution in [2.45, 2.75) is 15.2 Å². The van der Waals surface area contributed by atoms with Crippen LogP contribution < -0.4 is 9.64 Å². The fourth-order valence-electron chi connectivity index (χ4n) is 7.62. The smallest absolute Gasteiger partial charge is 0.143 e. The number of hydrogen-bond acceptors (Lipinski definition) is 4. The zero-order chi connectivity index (χ0) is 73.7. The lowest BCUT2D eigenvalue weighted by Crippen LogP contribution is -2.36. The van der Waals surface area contributed by atoms with Crippen molar-refractivity contribution in [3.8, 4) is 33.8 Å². The second-order valence-electron chi connectivity index (χ2n) is 13.5. The van der Waals surface area contributed by atoms with Crippen molar-refractivity contribution in [1.82, 2.24) is 0 Å². The molecule has 0 N–H and O–H groups in total. The summed E-state index contributed by atoms with van der Waals surface area (Å²) in [5, 5.41) is -2.47. The Bertz CT molecular complexity index is 5600. The lowest BCUT2D eigenvalue weighted by molar-refractivity contribution is 0.431. The second kappa shape index (κ2) is 14.1. The first-order chi connectivity index (χ1) is 46.6. The van der Waals surface area contributed by atoms with E-state index in [2.05, 4.69) is 0 Å². The molecule has 296 valence electrons. The Morgan fingerprint density at radius 2 is 1.03 bits per heavy atom. The van der Waals surface area contributed by atoms with Gasteiger partial charge in [-0.25, -0.2) is 0 Å². The first-order valence-electron chi connectivity index (χ1n) is 36.9. The van der Waals surface area contributed by atoms with Gasteiger partial charge in [-0.1, -0.05) is 169 Å². The van der Waals surface area contributed by atoms with E-state index in [1.54, 1.807) is 0 Å². The van der Waals surface area contributed by atoms with Gasteiger partial charge < -0.3 is 14.1 Å². The second-order valence-corrected chi connectivity index (χ2v) is 14.6. The molecule has 10 aromatic carbocycles. The Kier molecular flexibility index (Phi) is 3.35. The average molecular weight is 861 g/mol. The predicted octanol–water partition coefficient (Wildman–Crippen LogP) is 16.5. The van der Waals surface area contributed by atoms with E-state index in [4.69, 9.17) is 31.1 Å². The monoisotopic (exact) mass is 860 g/mol. The van der Waals surface area contributed by atoms with Crippen LogP contribution in [0.4, 0.5) is 17.1 Å². The third kappa shape index (κ3) is 5.48. The number of benzene rings is 10. The van der Waals surface area contributed by atoms with Crippen molar-refractivity contribution >= 4 is 61.5 Å². The van der Waals surface area contributed by atoms with Crippen molar-refractivity contribution < 1.29 is 59.9 Å². The van der Waals surface area contributed by atoms with Crippen LogP contribution >= 0.6 is 11.8 Å². The van der Waals surface area contributed by atoms with Crippen molar-refractivity contribution in [3.63, 3.8) is 0 Å². The van der Waals surface area contributed by atoms with E-state index in [1.165, 1.54) is 0 Å². The van der Waals surface area contributed by atoms with E-state index < -0.39 is 345 Å². The van der Waals surface area contributed by atoms with Gasteiger partial charge in [-0.05, 0) is 105 Å². The molecular formula is C59H37NO2S. The van der Waals surface area contributed by atoms with E-state index in [9.17, 15) is 28.8 Å². The standard InChI is InChI=1S/C59H37NO2S/c1-2-13-38(14-3-1)39-25-30-42(31-26-39)60(44-34-36-53-48(37-44)47-35-29-40-15-4-5-16-45(40)57(47)62-53)43-32-27-41(28-33-43)46-17-12-21-52-58(46)63-56-24-11-8-20-51(56)59(52)49-18-6-9-22-54(49)61-55-23-10-7-19-50(55)59/h1-37H/i1D,2D,3D,4D,5D,6D,7D,8D,9D,10D,11D,12D,13D,14D,15D,16D,17D,18D,19D,20D,21D,22D,23D,24D,25D,26D,27D,28D,29D,30D,31D,32D,33D,34D,35D,36D,37D. The molecule has 0 aliphatic carbocycles. The summed E-state index contributed by atoms with van der Waals surface area (Å²) in [7, 11) is 0. The number of para-hydroxylation sites is 2. The summed E-state index contributed by atoms with van der Waals surface area (Å²) in [5.74, 6) is -1.85. The Balaban J connectivity index is 1.21. The first kappa shape index (κ1) is 14.9. The molecule has 0 saturated carbocycles. The maximum atomic E-state index is 10.1. The predicted molar refractivity (Wildman–Crippen MR) is 259 cm³/mol. The van der Waals surface area contributed by atoms with Gasteiger partial charge in [-0.3, -0.25) is 0 Å². The van der Waals surface area contributed by atoms with Gasteiger partial charge in [-0.2, -0.15) is 0 Å². The molecule has 0 amide bonds. The van der Waals surface area contributed by atoms with Crippen LogP contribution in [-0.4, -0.2) is 0 Å². The molecular weight excluding hydrogens is 787 g/mol. The molecule has 0 bridgehead atoms. The Labute approximate surface area is 421 Å². The van der Waals surface area contributed by atoms with Crippen LogP contribution in [-0.2, 0) is 5.41 Å². The molecule has 63 heavy (non-hydrogen) atoms. The Morgan fingerprint density at radius 1 is 0.429 bits per heavy atom. The number of ether oxygens (including phenoxy) is 1. The van der Waals surface area contributed by atoms with E-state index in [-0.39, 0.29) is 11.8 Å². The summed E-state index contributed by atoms with van der Waals surface area (Å²) in [6, 6.07) is -40.4.